The van der Waals surface area contributed by atoms with Crippen molar-refractivity contribution < 1.29 is 9.47 Å². The van der Waals surface area contributed by atoms with Crippen molar-refractivity contribution in [3.05, 3.63) is 30.3 Å². The zero-order valence-electron chi connectivity index (χ0n) is 15.8. The molecular weight excluding hydrogens is 316 g/mol. The number of ether oxygens (including phenoxy) is 2. The lowest BCUT2D eigenvalue weighted by Crippen LogP contribution is -2.52. The maximum Gasteiger partial charge on any atom is 0.191 e. The lowest BCUT2D eigenvalue weighted by atomic mass is 9.89. The molecule has 0 amide bonds. The molecule has 140 valence electrons. The SMILES string of the molecule is CCNC(=NCC1(N(C)C)CCOCC1)NCCOc1ccccc1. The molecular formula is C19H32N4O2. The van der Waals surface area contributed by atoms with Gasteiger partial charge in [0.1, 0.15) is 12.4 Å². The number of rotatable bonds is 8. The summed E-state index contributed by atoms with van der Waals surface area (Å²) in [5.74, 6) is 1.73. The molecule has 1 aliphatic rings. The maximum atomic E-state index is 5.72. The summed E-state index contributed by atoms with van der Waals surface area (Å²) in [5, 5.41) is 6.66. The second-order valence-corrected chi connectivity index (χ2v) is 6.51. The predicted octanol–water partition coefficient (Wildman–Crippen LogP) is 1.73. The normalized spacial score (nSPS) is 17.4. The summed E-state index contributed by atoms with van der Waals surface area (Å²) < 4.78 is 11.2. The second kappa shape index (κ2) is 10.3. The number of nitrogens with one attached hydrogen (secondary N) is 2. The first-order valence-corrected chi connectivity index (χ1v) is 9.11. The first-order chi connectivity index (χ1) is 12.2. The molecule has 0 aliphatic carbocycles. The molecule has 1 aromatic rings. The fourth-order valence-electron chi connectivity index (χ4n) is 2.92. The third-order valence-electron chi connectivity index (χ3n) is 4.65. The van der Waals surface area contributed by atoms with Gasteiger partial charge in [-0.25, -0.2) is 0 Å². The number of para-hydroxylation sites is 1. The van der Waals surface area contributed by atoms with Crippen LogP contribution in [0.15, 0.2) is 35.3 Å². The molecule has 1 fully saturated rings. The minimum atomic E-state index is 0.0845. The van der Waals surface area contributed by atoms with Crippen LogP contribution in [0, 0.1) is 0 Å². The lowest BCUT2D eigenvalue weighted by Gasteiger charge is -2.41. The van der Waals surface area contributed by atoms with Crippen LogP contribution < -0.4 is 15.4 Å². The highest BCUT2D eigenvalue weighted by Crippen LogP contribution is 2.26. The van der Waals surface area contributed by atoms with E-state index >= 15 is 0 Å². The Labute approximate surface area is 151 Å². The van der Waals surface area contributed by atoms with Gasteiger partial charge in [-0.15, -0.1) is 0 Å². The van der Waals surface area contributed by atoms with E-state index in [-0.39, 0.29) is 5.54 Å². The van der Waals surface area contributed by atoms with Crippen molar-refractivity contribution in [1.29, 1.82) is 0 Å². The molecule has 6 heteroatoms. The van der Waals surface area contributed by atoms with E-state index in [0.717, 1.165) is 50.9 Å². The monoisotopic (exact) mass is 348 g/mol. The minimum Gasteiger partial charge on any atom is -0.492 e. The summed E-state index contributed by atoms with van der Waals surface area (Å²) in [4.78, 5) is 7.11. The molecule has 0 radical (unpaired) electrons. The Bertz CT molecular complexity index is 513. The highest BCUT2D eigenvalue weighted by atomic mass is 16.5. The van der Waals surface area contributed by atoms with E-state index in [1.807, 2.05) is 30.3 Å². The first-order valence-electron chi connectivity index (χ1n) is 9.11. The van der Waals surface area contributed by atoms with Crippen molar-refractivity contribution in [1.82, 2.24) is 15.5 Å². The number of likely N-dealkylation sites (N-methyl/N-ethyl adjacent to an activating group) is 1. The Balaban J connectivity index is 1.84. The van der Waals surface area contributed by atoms with E-state index < -0.39 is 0 Å². The van der Waals surface area contributed by atoms with Gasteiger partial charge in [-0.3, -0.25) is 4.99 Å². The van der Waals surface area contributed by atoms with Gasteiger partial charge in [0.2, 0.25) is 0 Å². The van der Waals surface area contributed by atoms with Crippen molar-refractivity contribution in [3.63, 3.8) is 0 Å². The number of aliphatic imine (C=N–C) groups is 1. The third-order valence-corrected chi connectivity index (χ3v) is 4.65. The lowest BCUT2D eigenvalue weighted by molar-refractivity contribution is -0.00254. The van der Waals surface area contributed by atoms with Gasteiger partial charge in [0.05, 0.1) is 13.1 Å². The van der Waals surface area contributed by atoms with Gasteiger partial charge >= 0.3 is 0 Å². The Hall–Kier alpha value is -1.79. The average Bonchev–Trinajstić information content (AvgIpc) is 2.64. The molecule has 1 aromatic carbocycles. The van der Waals surface area contributed by atoms with Gasteiger partial charge in [0.25, 0.3) is 0 Å². The summed E-state index contributed by atoms with van der Waals surface area (Å²) >= 11 is 0. The molecule has 0 bridgehead atoms. The minimum absolute atomic E-state index is 0.0845. The van der Waals surface area contributed by atoms with Crippen LogP contribution in [0.3, 0.4) is 0 Å². The average molecular weight is 348 g/mol. The molecule has 1 heterocycles. The van der Waals surface area contributed by atoms with Gasteiger partial charge < -0.3 is 25.0 Å². The van der Waals surface area contributed by atoms with Crippen LogP contribution in [0.5, 0.6) is 5.75 Å². The van der Waals surface area contributed by atoms with Crippen LogP contribution in [0.4, 0.5) is 0 Å². The van der Waals surface area contributed by atoms with Crippen LogP contribution in [-0.4, -0.2) is 69.9 Å². The largest absolute Gasteiger partial charge is 0.492 e. The third kappa shape index (κ3) is 6.21. The fraction of sp³-hybridized carbons (Fsp3) is 0.632. The van der Waals surface area contributed by atoms with Gasteiger partial charge in [0.15, 0.2) is 5.96 Å². The maximum absolute atomic E-state index is 5.72. The highest BCUT2D eigenvalue weighted by Gasteiger charge is 2.34. The zero-order chi connectivity index (χ0) is 18.0. The van der Waals surface area contributed by atoms with Crippen LogP contribution in [-0.2, 0) is 4.74 Å². The molecule has 2 rings (SSSR count). The Morgan fingerprint density at radius 1 is 1.20 bits per heavy atom. The van der Waals surface area contributed by atoms with Crippen LogP contribution in [0.1, 0.15) is 19.8 Å². The standard InChI is InChI=1S/C19H32N4O2/c1-4-20-18(21-12-15-25-17-8-6-5-7-9-17)22-16-19(23(2)3)10-13-24-14-11-19/h5-9H,4,10-16H2,1-3H3,(H2,20,21,22). The predicted molar refractivity (Wildman–Crippen MR) is 102 cm³/mol. The van der Waals surface area contributed by atoms with Crippen molar-refractivity contribution in [2.45, 2.75) is 25.3 Å². The molecule has 0 aromatic heterocycles. The quantitative estimate of drug-likeness (QED) is 0.426. The summed E-state index contributed by atoms with van der Waals surface area (Å²) in [7, 11) is 4.27. The Kier molecular flexibility index (Phi) is 8.01. The Morgan fingerprint density at radius 2 is 1.92 bits per heavy atom. The van der Waals surface area contributed by atoms with Crippen molar-refractivity contribution in [2.24, 2.45) is 4.99 Å². The van der Waals surface area contributed by atoms with Gasteiger partial charge in [0, 0.05) is 25.3 Å². The summed E-state index contributed by atoms with van der Waals surface area (Å²) in [6.07, 6.45) is 2.03. The van der Waals surface area contributed by atoms with E-state index in [1.54, 1.807) is 0 Å². The molecule has 0 saturated carbocycles. The summed E-state index contributed by atoms with van der Waals surface area (Å²) in [6, 6.07) is 9.86. The summed E-state index contributed by atoms with van der Waals surface area (Å²) in [6.45, 7) is 6.60. The molecule has 6 nitrogen and oxygen atoms in total. The number of guanidine groups is 1. The van der Waals surface area contributed by atoms with Crippen LogP contribution >= 0.6 is 0 Å². The zero-order valence-corrected chi connectivity index (χ0v) is 15.8. The van der Waals surface area contributed by atoms with E-state index in [2.05, 4.69) is 36.6 Å². The smallest absolute Gasteiger partial charge is 0.191 e. The summed E-state index contributed by atoms with van der Waals surface area (Å²) in [5.41, 5.74) is 0.0845. The van der Waals surface area contributed by atoms with E-state index in [9.17, 15) is 0 Å². The first kappa shape index (κ1) is 19.5. The van der Waals surface area contributed by atoms with Gasteiger partial charge in [-0.2, -0.15) is 0 Å². The van der Waals surface area contributed by atoms with Crippen molar-refractivity contribution in [2.75, 3.05) is 53.6 Å². The number of benzene rings is 1. The number of hydrogen-bond donors (Lipinski definition) is 2. The number of nitrogens with zero attached hydrogens (tertiary/aromatic N) is 2. The highest BCUT2D eigenvalue weighted by molar-refractivity contribution is 5.79. The van der Waals surface area contributed by atoms with Crippen LogP contribution in [0.2, 0.25) is 0 Å². The van der Waals surface area contributed by atoms with E-state index in [1.165, 1.54) is 0 Å². The van der Waals surface area contributed by atoms with Gasteiger partial charge in [-0.1, -0.05) is 18.2 Å². The molecule has 1 saturated heterocycles. The van der Waals surface area contributed by atoms with E-state index in [0.29, 0.717) is 13.2 Å². The van der Waals surface area contributed by atoms with Crippen molar-refractivity contribution in [3.8, 4) is 5.75 Å². The van der Waals surface area contributed by atoms with Gasteiger partial charge in [-0.05, 0) is 46.0 Å². The molecule has 0 atom stereocenters. The van der Waals surface area contributed by atoms with E-state index in [4.69, 9.17) is 14.5 Å². The van der Waals surface area contributed by atoms with Crippen LogP contribution in [0.25, 0.3) is 0 Å². The molecule has 1 aliphatic heterocycles. The fourth-order valence-corrected chi connectivity index (χ4v) is 2.92. The molecule has 0 unspecified atom stereocenters. The molecule has 25 heavy (non-hydrogen) atoms. The Morgan fingerprint density at radius 3 is 2.56 bits per heavy atom. The molecule has 2 N–H and O–H groups in total. The second-order valence-electron chi connectivity index (χ2n) is 6.51. The van der Waals surface area contributed by atoms with Crippen molar-refractivity contribution >= 4 is 5.96 Å². The molecule has 0 spiro atoms. The number of hydrogen-bond acceptors (Lipinski definition) is 4. The topological polar surface area (TPSA) is 58.1 Å².